The Hall–Kier alpha value is -1.47. The zero-order chi connectivity index (χ0) is 13.9. The Morgan fingerprint density at radius 1 is 1.37 bits per heavy atom. The fourth-order valence-electron chi connectivity index (χ4n) is 1.78. The van der Waals surface area contributed by atoms with Crippen molar-refractivity contribution in [1.82, 2.24) is 14.9 Å². The zero-order valence-electron chi connectivity index (χ0n) is 10.1. The van der Waals surface area contributed by atoms with Gasteiger partial charge >= 0.3 is 6.18 Å². The van der Waals surface area contributed by atoms with Crippen LogP contribution in [0, 0.1) is 0 Å². The van der Waals surface area contributed by atoms with Crippen LogP contribution in [0.15, 0.2) is 30.5 Å². The quantitative estimate of drug-likeness (QED) is 0.939. The van der Waals surface area contributed by atoms with E-state index in [1.54, 1.807) is 19.3 Å². The lowest BCUT2D eigenvalue weighted by atomic mass is 10.0. The second-order valence-corrected chi connectivity index (χ2v) is 4.88. The van der Waals surface area contributed by atoms with Crippen LogP contribution in [0.4, 0.5) is 13.2 Å². The number of likely N-dealkylation sites (N-methyl/N-ethyl adjacent to an activating group) is 1. The van der Waals surface area contributed by atoms with Crippen molar-refractivity contribution in [2.24, 2.45) is 0 Å². The van der Waals surface area contributed by atoms with Crippen LogP contribution in [0.3, 0.4) is 0 Å². The Kier molecular flexibility index (Phi) is 4.16. The van der Waals surface area contributed by atoms with Crippen LogP contribution in [0.25, 0.3) is 0 Å². The molecule has 1 atom stereocenters. The lowest BCUT2D eigenvalue weighted by molar-refractivity contribution is -0.137. The normalized spacial score (nSPS) is 13.5. The van der Waals surface area contributed by atoms with E-state index in [0.29, 0.717) is 12.0 Å². The third-order valence-electron chi connectivity index (χ3n) is 2.76. The Morgan fingerprint density at radius 3 is 2.74 bits per heavy atom. The van der Waals surface area contributed by atoms with Crippen molar-refractivity contribution in [3.05, 3.63) is 46.5 Å². The summed E-state index contributed by atoms with van der Waals surface area (Å²) in [5.74, 6) is 0. The average molecular weight is 287 g/mol. The van der Waals surface area contributed by atoms with Gasteiger partial charge in [-0.1, -0.05) is 22.7 Å². The standard InChI is InChI=1S/C12H12F3N3S/c1-16-10(11-7-17-18-19-11)6-8-3-2-4-9(5-8)12(13,14)15/h2-5,7,10,16H,6H2,1H3. The summed E-state index contributed by atoms with van der Waals surface area (Å²) in [6, 6.07) is 5.29. The second kappa shape index (κ2) is 5.66. The number of hydrogen-bond donors (Lipinski definition) is 1. The second-order valence-electron chi connectivity index (χ2n) is 4.06. The zero-order valence-corrected chi connectivity index (χ0v) is 10.9. The summed E-state index contributed by atoms with van der Waals surface area (Å²) >= 11 is 1.24. The molecule has 1 N–H and O–H groups in total. The predicted molar refractivity (Wildman–Crippen MR) is 66.9 cm³/mol. The Bertz CT molecular complexity index is 525. The van der Waals surface area contributed by atoms with E-state index in [1.165, 1.54) is 23.7 Å². The molecule has 7 heteroatoms. The fourth-order valence-corrected chi connectivity index (χ4v) is 2.39. The van der Waals surface area contributed by atoms with Crippen molar-refractivity contribution in [3.8, 4) is 0 Å². The molecule has 1 heterocycles. The lowest BCUT2D eigenvalue weighted by Crippen LogP contribution is -2.18. The van der Waals surface area contributed by atoms with Gasteiger partial charge in [-0.2, -0.15) is 13.2 Å². The van der Waals surface area contributed by atoms with E-state index in [0.717, 1.165) is 10.9 Å². The maximum Gasteiger partial charge on any atom is 0.416 e. The fraction of sp³-hybridized carbons (Fsp3) is 0.333. The molecule has 19 heavy (non-hydrogen) atoms. The van der Waals surface area contributed by atoms with Gasteiger partial charge in [0.25, 0.3) is 0 Å². The molecule has 0 saturated heterocycles. The van der Waals surface area contributed by atoms with E-state index < -0.39 is 11.7 Å². The summed E-state index contributed by atoms with van der Waals surface area (Å²) in [5, 5.41) is 6.80. The van der Waals surface area contributed by atoms with E-state index in [2.05, 4.69) is 14.9 Å². The number of nitrogens with one attached hydrogen (secondary N) is 1. The van der Waals surface area contributed by atoms with Crippen molar-refractivity contribution in [2.45, 2.75) is 18.6 Å². The molecule has 1 aromatic heterocycles. The minimum absolute atomic E-state index is 0.0801. The molecular formula is C12H12F3N3S. The predicted octanol–water partition coefficient (Wildman–Crippen LogP) is 3.06. The maximum atomic E-state index is 12.6. The number of halogens is 3. The first-order valence-electron chi connectivity index (χ1n) is 5.61. The number of hydrogen-bond acceptors (Lipinski definition) is 4. The Balaban J connectivity index is 2.19. The van der Waals surface area contributed by atoms with Crippen molar-refractivity contribution < 1.29 is 13.2 Å². The monoisotopic (exact) mass is 287 g/mol. The summed E-state index contributed by atoms with van der Waals surface area (Å²) in [6.45, 7) is 0. The van der Waals surface area contributed by atoms with Crippen LogP contribution >= 0.6 is 11.5 Å². The van der Waals surface area contributed by atoms with Gasteiger partial charge in [0.1, 0.15) is 0 Å². The third-order valence-corrected chi connectivity index (χ3v) is 3.54. The maximum absolute atomic E-state index is 12.6. The Labute approximate surface area is 112 Å². The molecule has 1 unspecified atom stereocenters. The first-order chi connectivity index (χ1) is 9.00. The molecule has 2 rings (SSSR count). The van der Waals surface area contributed by atoms with Crippen molar-refractivity contribution >= 4 is 11.5 Å². The molecule has 0 amide bonds. The van der Waals surface area contributed by atoms with Crippen LogP contribution in [-0.4, -0.2) is 16.6 Å². The number of nitrogens with zero attached hydrogens (tertiary/aromatic N) is 2. The van der Waals surface area contributed by atoms with Crippen molar-refractivity contribution in [3.63, 3.8) is 0 Å². The molecule has 1 aromatic carbocycles. The van der Waals surface area contributed by atoms with Crippen LogP contribution in [0.5, 0.6) is 0 Å². The number of aromatic nitrogens is 2. The molecule has 0 aliphatic heterocycles. The smallest absolute Gasteiger partial charge is 0.312 e. The van der Waals surface area contributed by atoms with Crippen LogP contribution in [0.2, 0.25) is 0 Å². The van der Waals surface area contributed by atoms with Gasteiger partial charge in [0.05, 0.1) is 16.6 Å². The summed E-state index contributed by atoms with van der Waals surface area (Å²) in [6.07, 6.45) is -2.22. The van der Waals surface area contributed by atoms with Gasteiger partial charge in [0, 0.05) is 6.04 Å². The van der Waals surface area contributed by atoms with Crippen LogP contribution in [-0.2, 0) is 12.6 Å². The Morgan fingerprint density at radius 2 is 2.16 bits per heavy atom. The van der Waals surface area contributed by atoms with Gasteiger partial charge in [0.15, 0.2) is 0 Å². The molecule has 102 valence electrons. The highest BCUT2D eigenvalue weighted by atomic mass is 32.1. The van der Waals surface area contributed by atoms with Crippen molar-refractivity contribution in [2.75, 3.05) is 7.05 Å². The van der Waals surface area contributed by atoms with Crippen LogP contribution < -0.4 is 5.32 Å². The van der Waals surface area contributed by atoms with E-state index in [1.807, 2.05) is 0 Å². The average Bonchev–Trinajstić information content (AvgIpc) is 2.89. The lowest BCUT2D eigenvalue weighted by Gasteiger charge is -2.15. The third kappa shape index (κ3) is 3.51. The minimum atomic E-state index is -4.31. The highest BCUT2D eigenvalue weighted by Crippen LogP contribution is 2.30. The van der Waals surface area contributed by atoms with Gasteiger partial charge in [-0.05, 0) is 36.6 Å². The molecule has 0 spiro atoms. The topological polar surface area (TPSA) is 37.8 Å². The summed E-state index contributed by atoms with van der Waals surface area (Å²) < 4.78 is 41.6. The highest BCUT2D eigenvalue weighted by Gasteiger charge is 2.30. The SMILES string of the molecule is CNC(Cc1cccc(C(F)(F)F)c1)c1cnns1. The molecule has 0 saturated carbocycles. The van der Waals surface area contributed by atoms with Crippen molar-refractivity contribution in [1.29, 1.82) is 0 Å². The number of alkyl halides is 3. The molecular weight excluding hydrogens is 275 g/mol. The van der Waals surface area contributed by atoms with E-state index >= 15 is 0 Å². The number of benzene rings is 1. The van der Waals surface area contributed by atoms with Gasteiger partial charge in [-0.15, -0.1) is 5.10 Å². The van der Waals surface area contributed by atoms with Gasteiger partial charge in [-0.25, -0.2) is 0 Å². The summed E-state index contributed by atoms with van der Waals surface area (Å²) in [7, 11) is 1.76. The van der Waals surface area contributed by atoms with Gasteiger partial charge < -0.3 is 5.32 Å². The molecule has 0 radical (unpaired) electrons. The minimum Gasteiger partial charge on any atom is -0.312 e. The first kappa shape index (κ1) is 14.0. The molecule has 0 aliphatic carbocycles. The number of rotatable bonds is 4. The largest absolute Gasteiger partial charge is 0.416 e. The van der Waals surface area contributed by atoms with E-state index in [9.17, 15) is 13.2 Å². The summed E-state index contributed by atoms with van der Waals surface area (Å²) in [5.41, 5.74) is 0.00450. The van der Waals surface area contributed by atoms with E-state index in [4.69, 9.17) is 0 Å². The molecule has 3 nitrogen and oxygen atoms in total. The van der Waals surface area contributed by atoms with Gasteiger partial charge in [0.2, 0.25) is 0 Å². The van der Waals surface area contributed by atoms with Gasteiger partial charge in [-0.3, -0.25) is 0 Å². The van der Waals surface area contributed by atoms with E-state index in [-0.39, 0.29) is 6.04 Å². The molecule has 0 fully saturated rings. The highest BCUT2D eigenvalue weighted by molar-refractivity contribution is 7.05. The molecule has 0 bridgehead atoms. The summed E-state index contributed by atoms with van der Waals surface area (Å²) in [4.78, 5) is 0.903. The molecule has 0 aliphatic rings. The first-order valence-corrected chi connectivity index (χ1v) is 6.38. The molecule has 2 aromatic rings. The van der Waals surface area contributed by atoms with Crippen LogP contribution in [0.1, 0.15) is 22.0 Å².